The molecule has 2 aromatic rings. The van der Waals surface area contributed by atoms with Crippen molar-refractivity contribution >= 4 is 46.7 Å². The van der Waals surface area contributed by atoms with E-state index in [0.717, 1.165) is 5.56 Å². The first-order valence-corrected chi connectivity index (χ1v) is 10.6. The van der Waals surface area contributed by atoms with E-state index >= 15 is 0 Å². The van der Waals surface area contributed by atoms with Crippen molar-refractivity contribution in [2.75, 3.05) is 16.8 Å². The molecule has 2 aromatic carbocycles. The van der Waals surface area contributed by atoms with Gasteiger partial charge in [0.05, 0.1) is 23.1 Å². The molecule has 0 radical (unpaired) electrons. The average molecular weight is 453 g/mol. The maximum atomic E-state index is 12.7. The van der Waals surface area contributed by atoms with Crippen LogP contribution in [0.3, 0.4) is 0 Å². The lowest BCUT2D eigenvalue weighted by Gasteiger charge is -2.15. The Labute approximate surface area is 190 Å². The van der Waals surface area contributed by atoms with Crippen LogP contribution in [0.1, 0.15) is 28.8 Å². The molecule has 0 unspecified atom stereocenters. The summed E-state index contributed by atoms with van der Waals surface area (Å²) in [5, 5.41) is 3.13. The van der Waals surface area contributed by atoms with Crippen LogP contribution in [0.2, 0.25) is 5.02 Å². The predicted molar refractivity (Wildman–Crippen MR) is 119 cm³/mol. The smallest absolute Gasteiger partial charge is 0.338 e. The fraction of sp³-hybridized carbons (Fsp3) is 0.250. The van der Waals surface area contributed by atoms with Gasteiger partial charge in [0.25, 0.3) is 5.91 Å². The third kappa shape index (κ3) is 4.29. The second-order valence-electron chi connectivity index (χ2n) is 7.80. The molecule has 1 saturated heterocycles. The molecule has 7 nitrogen and oxygen atoms in total. The van der Waals surface area contributed by atoms with Gasteiger partial charge in [-0.25, -0.2) is 4.79 Å². The van der Waals surface area contributed by atoms with Crippen molar-refractivity contribution in [3.8, 4) is 0 Å². The van der Waals surface area contributed by atoms with E-state index < -0.39 is 18.5 Å². The van der Waals surface area contributed by atoms with E-state index in [2.05, 4.69) is 5.32 Å². The maximum Gasteiger partial charge on any atom is 0.338 e. The molecule has 4 rings (SSSR count). The number of amides is 3. The number of aryl methyl sites for hydroxylation is 1. The highest BCUT2D eigenvalue weighted by Gasteiger charge is 2.47. The Morgan fingerprint density at radius 3 is 2.28 bits per heavy atom. The molecular formula is C24H21ClN2O5. The third-order valence-corrected chi connectivity index (χ3v) is 5.91. The van der Waals surface area contributed by atoms with E-state index in [1.165, 1.54) is 29.2 Å². The number of carbonyl (C=O) groups is 4. The molecule has 0 aromatic heterocycles. The van der Waals surface area contributed by atoms with Crippen molar-refractivity contribution in [1.29, 1.82) is 0 Å². The van der Waals surface area contributed by atoms with Crippen molar-refractivity contribution in [3.05, 3.63) is 70.8 Å². The van der Waals surface area contributed by atoms with Crippen LogP contribution in [0, 0.1) is 18.8 Å². The molecule has 164 valence electrons. The fourth-order valence-electron chi connectivity index (χ4n) is 3.93. The number of ether oxygens (including phenoxy) is 1. The summed E-state index contributed by atoms with van der Waals surface area (Å²) in [6, 6.07) is 11.1. The summed E-state index contributed by atoms with van der Waals surface area (Å²) in [5.74, 6) is -2.26. The van der Waals surface area contributed by atoms with E-state index in [4.69, 9.17) is 16.3 Å². The van der Waals surface area contributed by atoms with E-state index in [1.807, 2.05) is 19.1 Å². The summed E-state index contributed by atoms with van der Waals surface area (Å²) in [6.07, 6.45) is 4.98. The zero-order chi connectivity index (χ0) is 22.8. The molecule has 1 aliphatic heterocycles. The van der Waals surface area contributed by atoms with Crippen LogP contribution in [-0.4, -0.2) is 30.3 Å². The highest BCUT2D eigenvalue weighted by molar-refractivity contribution is 6.31. The first-order valence-electron chi connectivity index (χ1n) is 10.2. The molecule has 2 aliphatic rings. The largest absolute Gasteiger partial charge is 0.452 e. The van der Waals surface area contributed by atoms with Crippen molar-refractivity contribution < 1.29 is 23.9 Å². The fourth-order valence-corrected chi connectivity index (χ4v) is 4.10. The molecule has 1 N–H and O–H groups in total. The Balaban J connectivity index is 1.36. The summed E-state index contributed by atoms with van der Waals surface area (Å²) >= 11 is 5.94. The number of allylic oxidation sites excluding steroid dienone is 2. The minimum absolute atomic E-state index is 0.207. The SMILES string of the molecule is Cc1ccc(Cl)cc1NC(=O)COC(=O)c1ccc(N2C(=O)[C@H]3CC=CC[C@H]3C2=O)cc1. The second-order valence-corrected chi connectivity index (χ2v) is 8.23. The summed E-state index contributed by atoms with van der Waals surface area (Å²) in [4.78, 5) is 51.0. The lowest BCUT2D eigenvalue weighted by molar-refractivity contribution is -0.122. The Bertz CT molecular complexity index is 1100. The van der Waals surface area contributed by atoms with Crippen LogP contribution in [0.15, 0.2) is 54.6 Å². The summed E-state index contributed by atoms with van der Waals surface area (Å²) < 4.78 is 5.08. The zero-order valence-corrected chi connectivity index (χ0v) is 18.1. The van der Waals surface area contributed by atoms with E-state index in [0.29, 0.717) is 29.2 Å². The van der Waals surface area contributed by atoms with Gasteiger partial charge in [-0.3, -0.25) is 19.3 Å². The van der Waals surface area contributed by atoms with Crippen molar-refractivity contribution in [1.82, 2.24) is 0 Å². The number of hydrogen-bond donors (Lipinski definition) is 1. The topological polar surface area (TPSA) is 92.8 Å². The van der Waals surface area contributed by atoms with Crippen LogP contribution >= 0.6 is 11.6 Å². The highest BCUT2D eigenvalue weighted by Crippen LogP contribution is 2.37. The van der Waals surface area contributed by atoms with Gasteiger partial charge in [-0.2, -0.15) is 0 Å². The number of anilines is 2. The maximum absolute atomic E-state index is 12.7. The monoisotopic (exact) mass is 452 g/mol. The van der Waals surface area contributed by atoms with Crippen molar-refractivity contribution in [2.45, 2.75) is 19.8 Å². The molecule has 0 bridgehead atoms. The molecule has 1 aliphatic carbocycles. The van der Waals surface area contributed by atoms with Gasteiger partial charge in [-0.15, -0.1) is 0 Å². The van der Waals surface area contributed by atoms with Gasteiger partial charge in [0, 0.05) is 10.7 Å². The Kier molecular flexibility index (Phi) is 6.10. The number of nitrogens with zero attached hydrogens (tertiary/aromatic N) is 1. The van der Waals surface area contributed by atoms with Crippen LogP contribution in [0.25, 0.3) is 0 Å². The number of hydrogen-bond acceptors (Lipinski definition) is 5. The third-order valence-electron chi connectivity index (χ3n) is 5.68. The Hall–Kier alpha value is -3.45. The Morgan fingerprint density at radius 1 is 1.03 bits per heavy atom. The van der Waals surface area contributed by atoms with Crippen molar-refractivity contribution in [2.24, 2.45) is 11.8 Å². The normalized spacial score (nSPS) is 19.6. The van der Waals surface area contributed by atoms with Crippen LogP contribution in [0.4, 0.5) is 11.4 Å². The second kappa shape index (κ2) is 8.96. The highest BCUT2D eigenvalue weighted by atomic mass is 35.5. The number of rotatable bonds is 5. The summed E-state index contributed by atoms with van der Waals surface area (Å²) in [7, 11) is 0. The van der Waals surface area contributed by atoms with Crippen molar-refractivity contribution in [3.63, 3.8) is 0 Å². The molecule has 1 fully saturated rings. The quantitative estimate of drug-likeness (QED) is 0.422. The van der Waals surface area contributed by atoms with Gasteiger partial charge in [-0.1, -0.05) is 29.8 Å². The number of imide groups is 1. The molecule has 0 saturated carbocycles. The Morgan fingerprint density at radius 2 is 1.66 bits per heavy atom. The molecular weight excluding hydrogens is 432 g/mol. The lowest BCUT2D eigenvalue weighted by atomic mass is 9.85. The molecule has 8 heteroatoms. The molecule has 2 atom stereocenters. The standard InChI is InChI=1S/C24H21ClN2O5/c1-14-6-9-16(25)12-20(14)26-21(28)13-32-24(31)15-7-10-17(11-8-15)27-22(29)18-4-2-3-5-19(18)23(27)30/h2-3,6-12,18-19H,4-5,13H2,1H3,(H,26,28)/t18-,19+. The average Bonchev–Trinajstić information content (AvgIpc) is 3.05. The van der Waals surface area contributed by atoms with Gasteiger partial charge < -0.3 is 10.1 Å². The van der Waals surface area contributed by atoms with Crippen LogP contribution in [0.5, 0.6) is 0 Å². The van der Waals surface area contributed by atoms with Gasteiger partial charge in [0.15, 0.2) is 6.61 Å². The van der Waals surface area contributed by atoms with E-state index in [1.54, 1.807) is 18.2 Å². The van der Waals surface area contributed by atoms with Gasteiger partial charge >= 0.3 is 5.97 Å². The minimum Gasteiger partial charge on any atom is -0.452 e. The van der Waals surface area contributed by atoms with Gasteiger partial charge in [0.2, 0.25) is 11.8 Å². The minimum atomic E-state index is -0.688. The zero-order valence-electron chi connectivity index (χ0n) is 17.3. The van der Waals surface area contributed by atoms with E-state index in [-0.39, 0.29) is 29.2 Å². The van der Waals surface area contributed by atoms with Crippen LogP contribution in [-0.2, 0) is 19.1 Å². The van der Waals surface area contributed by atoms with Gasteiger partial charge in [0.1, 0.15) is 0 Å². The first kappa shape index (κ1) is 21.8. The molecule has 3 amide bonds. The summed E-state index contributed by atoms with van der Waals surface area (Å²) in [6.45, 7) is 1.35. The van der Waals surface area contributed by atoms with Crippen LogP contribution < -0.4 is 10.2 Å². The molecule has 32 heavy (non-hydrogen) atoms. The molecule has 1 heterocycles. The predicted octanol–water partition coefficient (Wildman–Crippen LogP) is 3.90. The number of carbonyl (C=O) groups excluding carboxylic acids is 4. The number of nitrogens with one attached hydrogen (secondary N) is 1. The number of fused-ring (bicyclic) bond motifs is 1. The van der Waals surface area contributed by atoms with Gasteiger partial charge in [-0.05, 0) is 61.7 Å². The lowest BCUT2D eigenvalue weighted by Crippen LogP contribution is -2.30. The first-order chi connectivity index (χ1) is 15.3. The summed E-state index contributed by atoms with van der Waals surface area (Å²) in [5.41, 5.74) is 1.99. The number of esters is 1. The molecule has 0 spiro atoms. The number of benzene rings is 2. The van der Waals surface area contributed by atoms with E-state index in [9.17, 15) is 19.2 Å². The number of halogens is 1.